The molecule has 1 aromatic carbocycles. The zero-order valence-corrected chi connectivity index (χ0v) is 11.1. The van der Waals surface area contributed by atoms with Crippen molar-refractivity contribution in [1.29, 1.82) is 0 Å². The average Bonchev–Trinajstić information content (AvgIpc) is 2.61. The van der Waals surface area contributed by atoms with Gasteiger partial charge in [-0.3, -0.25) is 9.59 Å². The van der Waals surface area contributed by atoms with E-state index in [0.29, 0.717) is 17.7 Å². The van der Waals surface area contributed by atoms with Crippen LogP contribution >= 0.6 is 0 Å². The molecule has 0 atom stereocenters. The lowest BCUT2D eigenvalue weighted by atomic mass is 9.95. The molecule has 2 rings (SSSR count). The molecule has 0 saturated heterocycles. The maximum absolute atomic E-state index is 12.4. The van der Waals surface area contributed by atoms with Gasteiger partial charge in [-0.05, 0) is 26.3 Å². The van der Waals surface area contributed by atoms with Gasteiger partial charge in [0.2, 0.25) is 0 Å². The molecule has 0 fully saturated rings. The lowest BCUT2D eigenvalue weighted by Gasteiger charge is -2.36. The highest BCUT2D eigenvalue weighted by atomic mass is 16.4. The Kier molecular flexibility index (Phi) is 3.18. The summed E-state index contributed by atoms with van der Waals surface area (Å²) in [5.74, 6) is -0.959. The zero-order valence-electron chi connectivity index (χ0n) is 11.1. The molecule has 0 unspecified atom stereocenters. The minimum Gasteiger partial charge on any atom is -0.481 e. The summed E-state index contributed by atoms with van der Waals surface area (Å²) in [4.78, 5) is 24.7. The molecule has 1 aromatic rings. The smallest absolute Gasteiger partial charge is 0.303 e. The molecule has 0 spiro atoms. The standard InChI is InChI=1S/C15H17NO3/c1-10-11-6-4-5-7-12(11)14(19)16(10)15(2,3)9-8-13(17)18/h4-7H,1,8-9H2,2-3H3,(H,17,18). The van der Waals surface area contributed by atoms with Gasteiger partial charge in [0.25, 0.3) is 5.91 Å². The van der Waals surface area contributed by atoms with Crippen LogP contribution in [0, 0.1) is 0 Å². The van der Waals surface area contributed by atoms with Crippen LogP contribution in [-0.4, -0.2) is 27.4 Å². The van der Waals surface area contributed by atoms with E-state index in [4.69, 9.17) is 5.11 Å². The number of benzene rings is 1. The fraction of sp³-hybridized carbons (Fsp3) is 0.333. The lowest BCUT2D eigenvalue weighted by molar-refractivity contribution is -0.137. The van der Waals surface area contributed by atoms with Crippen molar-refractivity contribution in [3.63, 3.8) is 0 Å². The molecule has 0 radical (unpaired) electrons. The molecule has 1 heterocycles. The number of carbonyl (C=O) groups excluding carboxylic acids is 1. The third kappa shape index (κ3) is 2.26. The van der Waals surface area contributed by atoms with E-state index in [1.165, 1.54) is 0 Å². The summed E-state index contributed by atoms with van der Waals surface area (Å²) in [6.07, 6.45) is 0.418. The van der Waals surface area contributed by atoms with Crippen LogP contribution in [0.15, 0.2) is 30.8 Å². The maximum atomic E-state index is 12.4. The van der Waals surface area contributed by atoms with Crippen molar-refractivity contribution in [3.8, 4) is 0 Å². The first kappa shape index (κ1) is 13.3. The summed E-state index contributed by atoms with van der Waals surface area (Å²) in [6, 6.07) is 7.32. The van der Waals surface area contributed by atoms with Crippen LogP contribution in [0.25, 0.3) is 5.70 Å². The van der Waals surface area contributed by atoms with Crippen LogP contribution in [-0.2, 0) is 4.79 Å². The molecule has 19 heavy (non-hydrogen) atoms. The Morgan fingerprint density at radius 2 is 1.89 bits per heavy atom. The van der Waals surface area contributed by atoms with Crippen LogP contribution < -0.4 is 0 Å². The Morgan fingerprint density at radius 1 is 1.32 bits per heavy atom. The van der Waals surface area contributed by atoms with Gasteiger partial charge >= 0.3 is 5.97 Å². The molecule has 0 aromatic heterocycles. The summed E-state index contributed by atoms with van der Waals surface area (Å²) < 4.78 is 0. The zero-order chi connectivity index (χ0) is 14.2. The third-order valence-electron chi connectivity index (χ3n) is 3.50. The number of carbonyl (C=O) groups is 2. The van der Waals surface area contributed by atoms with Gasteiger partial charge in [-0.2, -0.15) is 0 Å². The van der Waals surface area contributed by atoms with Gasteiger partial charge < -0.3 is 10.0 Å². The molecule has 4 heteroatoms. The van der Waals surface area contributed by atoms with E-state index in [1.54, 1.807) is 11.0 Å². The minimum atomic E-state index is -0.858. The van der Waals surface area contributed by atoms with Crippen LogP contribution in [0.3, 0.4) is 0 Å². The van der Waals surface area contributed by atoms with Gasteiger partial charge in [-0.1, -0.05) is 24.8 Å². The largest absolute Gasteiger partial charge is 0.481 e. The van der Waals surface area contributed by atoms with Crippen LogP contribution in [0.4, 0.5) is 0 Å². The summed E-state index contributed by atoms with van der Waals surface area (Å²) in [7, 11) is 0. The lowest BCUT2D eigenvalue weighted by Crippen LogP contribution is -2.43. The molecule has 0 saturated carbocycles. The number of carboxylic acids is 1. The van der Waals surface area contributed by atoms with Gasteiger partial charge in [0.1, 0.15) is 0 Å². The first-order valence-corrected chi connectivity index (χ1v) is 6.19. The normalized spacial score (nSPS) is 14.7. The number of aliphatic carboxylic acids is 1. The third-order valence-corrected chi connectivity index (χ3v) is 3.50. The second kappa shape index (κ2) is 4.53. The molecule has 1 aliphatic rings. The van der Waals surface area contributed by atoms with E-state index in [1.807, 2.05) is 32.0 Å². The summed E-state index contributed by atoms with van der Waals surface area (Å²) in [5.41, 5.74) is 1.55. The first-order valence-electron chi connectivity index (χ1n) is 6.19. The quantitative estimate of drug-likeness (QED) is 0.904. The van der Waals surface area contributed by atoms with Crippen molar-refractivity contribution in [2.75, 3.05) is 0 Å². The maximum Gasteiger partial charge on any atom is 0.303 e. The van der Waals surface area contributed by atoms with E-state index in [-0.39, 0.29) is 12.3 Å². The number of carboxylic acid groups (broad SMARTS) is 1. The van der Waals surface area contributed by atoms with E-state index in [9.17, 15) is 9.59 Å². The molecule has 4 nitrogen and oxygen atoms in total. The Balaban J connectivity index is 2.31. The van der Waals surface area contributed by atoms with Crippen molar-refractivity contribution in [1.82, 2.24) is 4.90 Å². The second-order valence-corrected chi connectivity index (χ2v) is 5.34. The number of rotatable bonds is 4. The predicted molar refractivity (Wildman–Crippen MR) is 72.6 cm³/mol. The highest BCUT2D eigenvalue weighted by molar-refractivity contribution is 6.09. The van der Waals surface area contributed by atoms with Gasteiger partial charge in [0.05, 0.1) is 0 Å². The van der Waals surface area contributed by atoms with Gasteiger partial charge in [0.15, 0.2) is 0 Å². The molecule has 100 valence electrons. The monoisotopic (exact) mass is 259 g/mol. The molecule has 1 amide bonds. The summed E-state index contributed by atoms with van der Waals surface area (Å²) in [6.45, 7) is 7.71. The Bertz CT molecular complexity index is 525. The van der Waals surface area contributed by atoms with E-state index < -0.39 is 11.5 Å². The Labute approximate surface area is 112 Å². The summed E-state index contributed by atoms with van der Waals surface area (Å²) >= 11 is 0. The van der Waals surface area contributed by atoms with Crippen LogP contribution in [0.1, 0.15) is 42.6 Å². The van der Waals surface area contributed by atoms with Gasteiger partial charge in [-0.25, -0.2) is 0 Å². The fourth-order valence-electron chi connectivity index (χ4n) is 2.45. The molecule has 1 N–H and O–H groups in total. The van der Waals surface area contributed by atoms with E-state index >= 15 is 0 Å². The van der Waals surface area contributed by atoms with Gasteiger partial charge in [-0.15, -0.1) is 0 Å². The van der Waals surface area contributed by atoms with Crippen molar-refractivity contribution in [2.24, 2.45) is 0 Å². The Morgan fingerprint density at radius 3 is 2.42 bits per heavy atom. The van der Waals surface area contributed by atoms with Gasteiger partial charge in [0, 0.05) is 28.8 Å². The highest BCUT2D eigenvalue weighted by Gasteiger charge is 2.40. The van der Waals surface area contributed by atoms with E-state index in [2.05, 4.69) is 6.58 Å². The number of hydrogen-bond acceptors (Lipinski definition) is 2. The number of fused-ring (bicyclic) bond motifs is 1. The average molecular weight is 259 g/mol. The molecule has 1 aliphatic heterocycles. The molecule has 0 bridgehead atoms. The SMILES string of the molecule is C=C1c2ccccc2C(=O)N1C(C)(C)CCC(=O)O. The van der Waals surface area contributed by atoms with E-state index in [0.717, 1.165) is 5.56 Å². The molecular formula is C15H17NO3. The predicted octanol–water partition coefficient (Wildman–Crippen LogP) is 2.76. The van der Waals surface area contributed by atoms with Crippen molar-refractivity contribution < 1.29 is 14.7 Å². The topological polar surface area (TPSA) is 57.6 Å². The first-order chi connectivity index (χ1) is 8.84. The van der Waals surface area contributed by atoms with Crippen molar-refractivity contribution in [3.05, 3.63) is 42.0 Å². The highest BCUT2D eigenvalue weighted by Crippen LogP contribution is 2.38. The Hall–Kier alpha value is -2.10. The van der Waals surface area contributed by atoms with Crippen LogP contribution in [0.2, 0.25) is 0 Å². The number of hydrogen-bond donors (Lipinski definition) is 1. The van der Waals surface area contributed by atoms with Crippen molar-refractivity contribution >= 4 is 17.6 Å². The second-order valence-electron chi connectivity index (χ2n) is 5.34. The number of nitrogens with zero attached hydrogens (tertiary/aromatic N) is 1. The molecular weight excluding hydrogens is 242 g/mol. The molecule has 0 aliphatic carbocycles. The number of amides is 1. The fourth-order valence-corrected chi connectivity index (χ4v) is 2.45. The summed E-state index contributed by atoms with van der Waals surface area (Å²) in [5, 5.41) is 8.80. The van der Waals surface area contributed by atoms with Crippen LogP contribution in [0.5, 0.6) is 0 Å². The van der Waals surface area contributed by atoms with Crippen molar-refractivity contribution in [2.45, 2.75) is 32.2 Å². The minimum absolute atomic E-state index is 0.0282.